The van der Waals surface area contributed by atoms with E-state index in [0.29, 0.717) is 23.2 Å². The summed E-state index contributed by atoms with van der Waals surface area (Å²) in [6, 6.07) is 8.87. The molecule has 3 rings (SSSR count). The Hall–Kier alpha value is -3.07. The fraction of sp³-hybridized carbons (Fsp3) is 0.348. The summed E-state index contributed by atoms with van der Waals surface area (Å²) in [5.41, 5.74) is 1.53. The molecule has 1 aromatic carbocycles. The van der Waals surface area contributed by atoms with Gasteiger partial charge in [-0.15, -0.1) is 0 Å². The van der Waals surface area contributed by atoms with E-state index in [1.165, 1.54) is 16.7 Å². The Morgan fingerprint density at radius 2 is 1.94 bits per heavy atom. The van der Waals surface area contributed by atoms with Crippen LogP contribution in [0.1, 0.15) is 37.9 Å². The number of hydrogen-bond donors (Lipinski definition) is 0. The Morgan fingerprint density at radius 1 is 1.19 bits per heavy atom. The third kappa shape index (κ3) is 5.40. The second-order valence-electron chi connectivity index (χ2n) is 7.79. The average Bonchev–Trinajstić information content (AvgIpc) is 2.72. The van der Waals surface area contributed by atoms with E-state index < -0.39 is 20.9 Å². The molecular weight excluding hydrogens is 433 g/mol. The predicted molar refractivity (Wildman–Crippen MR) is 121 cm³/mol. The summed E-state index contributed by atoms with van der Waals surface area (Å²) in [5, 5.41) is -0.526. The molecule has 2 aromatic heterocycles. The number of ether oxygens (including phenoxy) is 1. The predicted octanol–water partition coefficient (Wildman–Crippen LogP) is 4.19. The number of hydrogen-bond acceptors (Lipinski definition) is 6. The number of pyridine rings is 1. The van der Waals surface area contributed by atoms with Gasteiger partial charge in [-0.3, -0.25) is 4.79 Å². The number of sulfone groups is 1. The molecule has 3 aromatic rings. The monoisotopic (exact) mass is 459 g/mol. The first-order valence-electron chi connectivity index (χ1n) is 10.3. The van der Waals surface area contributed by atoms with Gasteiger partial charge >= 0.3 is 6.01 Å². The van der Waals surface area contributed by atoms with Crippen LogP contribution in [-0.4, -0.2) is 28.2 Å². The maximum Gasteiger partial charge on any atom is 0.322 e. The molecule has 0 amide bonds. The van der Waals surface area contributed by atoms with Gasteiger partial charge in [0.2, 0.25) is 5.56 Å². The molecule has 0 saturated carbocycles. The highest BCUT2D eigenvalue weighted by molar-refractivity contribution is 7.91. The first kappa shape index (κ1) is 23.6. The summed E-state index contributed by atoms with van der Waals surface area (Å²) in [6.07, 6.45) is 2.87. The largest absolute Gasteiger partial charge is 0.421 e. The Labute approximate surface area is 186 Å². The van der Waals surface area contributed by atoms with E-state index in [2.05, 4.69) is 9.97 Å². The van der Waals surface area contributed by atoms with Crippen LogP contribution in [0.15, 0.2) is 47.4 Å². The minimum absolute atomic E-state index is 0.0294. The maximum absolute atomic E-state index is 14.3. The lowest BCUT2D eigenvalue weighted by molar-refractivity contribution is 0.407. The molecule has 0 saturated heterocycles. The Bertz CT molecular complexity index is 1270. The van der Waals surface area contributed by atoms with Crippen molar-refractivity contribution in [2.75, 3.05) is 0 Å². The highest BCUT2D eigenvalue weighted by Gasteiger charge is 2.23. The maximum atomic E-state index is 14.3. The molecule has 1 unspecified atom stereocenters. The van der Waals surface area contributed by atoms with Crippen LogP contribution in [0.3, 0.4) is 0 Å². The van der Waals surface area contributed by atoms with Gasteiger partial charge in [0.05, 0.1) is 22.4 Å². The standard InChI is InChI=1S/C23H26FN3O4S/c1-5-7-16(3)32(29,30)14-18-12-20(17-10-11-21(28)27(4)13-17)26-23(25-18)31-22-15(2)8-6-9-19(22)24/h6,8-13,16H,5,7,14H2,1-4H3. The summed E-state index contributed by atoms with van der Waals surface area (Å²) in [4.78, 5) is 20.4. The van der Waals surface area contributed by atoms with Crippen molar-refractivity contribution >= 4 is 9.84 Å². The molecule has 0 aliphatic carbocycles. The summed E-state index contributed by atoms with van der Waals surface area (Å²) in [5.74, 6) is -0.910. The molecule has 1 atom stereocenters. The van der Waals surface area contributed by atoms with Crippen LogP contribution >= 0.6 is 0 Å². The van der Waals surface area contributed by atoms with Gasteiger partial charge in [-0.2, -0.15) is 9.97 Å². The van der Waals surface area contributed by atoms with E-state index >= 15 is 0 Å². The number of rotatable bonds is 8. The topological polar surface area (TPSA) is 91.2 Å². The molecule has 0 aliphatic rings. The Kier molecular flexibility index (Phi) is 7.08. The summed E-state index contributed by atoms with van der Waals surface area (Å²) in [7, 11) is -1.87. The smallest absolute Gasteiger partial charge is 0.322 e. The Morgan fingerprint density at radius 3 is 2.59 bits per heavy atom. The van der Waals surface area contributed by atoms with Crippen molar-refractivity contribution in [1.82, 2.24) is 14.5 Å². The molecule has 9 heteroatoms. The van der Waals surface area contributed by atoms with Crippen molar-refractivity contribution in [2.45, 2.75) is 44.6 Å². The molecule has 0 N–H and O–H groups in total. The van der Waals surface area contributed by atoms with Crippen LogP contribution < -0.4 is 10.3 Å². The van der Waals surface area contributed by atoms with E-state index in [-0.39, 0.29) is 28.8 Å². The van der Waals surface area contributed by atoms with Gasteiger partial charge in [0, 0.05) is 24.9 Å². The highest BCUT2D eigenvalue weighted by Crippen LogP contribution is 2.28. The second-order valence-corrected chi connectivity index (χ2v) is 10.2. The minimum Gasteiger partial charge on any atom is -0.421 e. The van der Waals surface area contributed by atoms with E-state index in [1.807, 2.05) is 6.92 Å². The first-order valence-corrected chi connectivity index (χ1v) is 12.0. The zero-order valence-electron chi connectivity index (χ0n) is 18.5. The number of aryl methyl sites for hydroxylation is 2. The van der Waals surface area contributed by atoms with Crippen molar-refractivity contribution in [3.8, 4) is 23.0 Å². The van der Waals surface area contributed by atoms with Gasteiger partial charge < -0.3 is 9.30 Å². The van der Waals surface area contributed by atoms with Crippen molar-refractivity contribution in [1.29, 1.82) is 0 Å². The summed E-state index contributed by atoms with van der Waals surface area (Å²) >= 11 is 0. The van der Waals surface area contributed by atoms with E-state index in [0.717, 1.165) is 6.42 Å². The van der Waals surface area contributed by atoms with Crippen molar-refractivity contribution in [3.63, 3.8) is 0 Å². The summed E-state index contributed by atoms with van der Waals surface area (Å²) in [6.45, 7) is 5.29. The van der Waals surface area contributed by atoms with Crippen LogP contribution in [0.2, 0.25) is 0 Å². The van der Waals surface area contributed by atoms with E-state index in [1.54, 1.807) is 51.4 Å². The normalized spacial score (nSPS) is 12.5. The van der Waals surface area contributed by atoms with Gasteiger partial charge in [-0.25, -0.2) is 12.8 Å². The number of para-hydroxylation sites is 1. The van der Waals surface area contributed by atoms with Gasteiger partial charge in [-0.1, -0.05) is 25.5 Å². The molecule has 7 nitrogen and oxygen atoms in total. The molecule has 0 spiro atoms. The summed E-state index contributed by atoms with van der Waals surface area (Å²) < 4.78 is 47.0. The number of aromatic nitrogens is 3. The zero-order valence-corrected chi connectivity index (χ0v) is 19.3. The number of halogens is 1. The quantitative estimate of drug-likeness (QED) is 0.502. The average molecular weight is 460 g/mol. The fourth-order valence-electron chi connectivity index (χ4n) is 3.26. The number of nitrogens with zero attached hydrogens (tertiary/aromatic N) is 3. The van der Waals surface area contributed by atoms with Crippen LogP contribution in [0, 0.1) is 12.7 Å². The SMILES string of the molecule is CCCC(C)S(=O)(=O)Cc1cc(-c2ccc(=O)n(C)c2)nc(Oc2c(C)cccc2F)n1. The van der Waals surface area contributed by atoms with E-state index in [4.69, 9.17) is 4.74 Å². The second kappa shape index (κ2) is 9.60. The van der Waals surface area contributed by atoms with Gasteiger partial charge in [0.1, 0.15) is 0 Å². The molecule has 2 heterocycles. The van der Waals surface area contributed by atoms with Crippen LogP contribution in [0.5, 0.6) is 11.8 Å². The molecule has 170 valence electrons. The lowest BCUT2D eigenvalue weighted by atomic mass is 10.2. The number of benzene rings is 1. The van der Waals surface area contributed by atoms with Gasteiger partial charge in [0.25, 0.3) is 0 Å². The molecule has 0 aliphatic heterocycles. The lowest BCUT2D eigenvalue weighted by Gasteiger charge is -2.14. The lowest BCUT2D eigenvalue weighted by Crippen LogP contribution is -2.20. The fourth-order valence-corrected chi connectivity index (χ4v) is 4.70. The van der Waals surface area contributed by atoms with Crippen LogP contribution in [-0.2, 0) is 22.6 Å². The van der Waals surface area contributed by atoms with Gasteiger partial charge in [-0.05, 0) is 44.0 Å². The molecule has 0 fully saturated rings. The highest BCUT2D eigenvalue weighted by atomic mass is 32.2. The molecule has 0 bridgehead atoms. The van der Waals surface area contributed by atoms with Crippen LogP contribution in [0.25, 0.3) is 11.3 Å². The first-order chi connectivity index (χ1) is 15.1. The van der Waals surface area contributed by atoms with Crippen molar-refractivity contribution in [3.05, 3.63) is 70.0 Å². The van der Waals surface area contributed by atoms with Crippen molar-refractivity contribution in [2.24, 2.45) is 7.05 Å². The Balaban J connectivity index is 2.09. The molecular formula is C23H26FN3O4S. The molecule has 32 heavy (non-hydrogen) atoms. The zero-order chi connectivity index (χ0) is 23.5. The van der Waals surface area contributed by atoms with Crippen molar-refractivity contribution < 1.29 is 17.5 Å². The third-order valence-electron chi connectivity index (χ3n) is 5.15. The van der Waals surface area contributed by atoms with Gasteiger partial charge in [0.15, 0.2) is 21.4 Å². The minimum atomic E-state index is -3.47. The van der Waals surface area contributed by atoms with E-state index in [9.17, 15) is 17.6 Å². The third-order valence-corrected chi connectivity index (χ3v) is 7.31. The molecule has 0 radical (unpaired) electrons. The van der Waals surface area contributed by atoms with Crippen LogP contribution in [0.4, 0.5) is 4.39 Å².